The van der Waals surface area contributed by atoms with Crippen LogP contribution >= 0.6 is 0 Å². The molecule has 0 spiro atoms. The van der Waals surface area contributed by atoms with Gasteiger partial charge in [-0.3, -0.25) is 0 Å². The molecule has 6 heteroatoms. The van der Waals surface area contributed by atoms with E-state index in [9.17, 15) is 0 Å². The molecule has 0 fully saturated rings. The van der Waals surface area contributed by atoms with Crippen LogP contribution in [0.4, 0.5) is 17.8 Å². The smallest absolute Gasteiger partial charge is 0.233 e. The molecule has 0 aromatic carbocycles. The molecule has 128 valence electrons. The van der Waals surface area contributed by atoms with Crippen LogP contribution in [-0.4, -0.2) is 15.0 Å². The van der Waals surface area contributed by atoms with Gasteiger partial charge in [-0.2, -0.15) is 15.0 Å². The molecule has 0 aliphatic rings. The number of allylic oxidation sites excluding steroid dienone is 10. The molecule has 0 saturated heterocycles. The molecule has 1 aromatic heterocycles. The van der Waals surface area contributed by atoms with E-state index >= 15 is 0 Å². The Morgan fingerprint density at radius 1 is 0.720 bits per heavy atom. The quantitative estimate of drug-likeness (QED) is 0.562. The van der Waals surface area contributed by atoms with Gasteiger partial charge in [0.05, 0.1) is 0 Å². The maximum absolute atomic E-state index is 5.77. The van der Waals surface area contributed by atoms with E-state index in [2.05, 4.69) is 51.9 Å². The van der Waals surface area contributed by atoms with Crippen molar-refractivity contribution in [3.8, 4) is 0 Å². The van der Waals surface area contributed by atoms with Crippen LogP contribution in [0.15, 0.2) is 98.5 Å². The highest BCUT2D eigenvalue weighted by molar-refractivity contribution is 5.50. The van der Waals surface area contributed by atoms with Gasteiger partial charge in [0.2, 0.25) is 17.8 Å². The van der Waals surface area contributed by atoms with E-state index in [0.29, 0.717) is 11.9 Å². The summed E-state index contributed by atoms with van der Waals surface area (Å²) in [4.78, 5) is 12.5. The number of nitrogens with one attached hydrogen (secondary N) is 2. The van der Waals surface area contributed by atoms with E-state index in [1.165, 1.54) is 0 Å². The predicted octanol–water partition coefficient (Wildman–Crippen LogP) is 3.90. The minimum atomic E-state index is 0.0799. The van der Waals surface area contributed by atoms with Crippen molar-refractivity contribution in [1.82, 2.24) is 15.0 Å². The van der Waals surface area contributed by atoms with E-state index in [1.54, 1.807) is 60.8 Å². The van der Waals surface area contributed by atoms with Crippen LogP contribution in [0.2, 0.25) is 0 Å². The second-order valence-electron chi connectivity index (χ2n) is 4.50. The van der Waals surface area contributed by atoms with Crippen LogP contribution < -0.4 is 16.4 Å². The molecule has 4 N–H and O–H groups in total. The molecule has 1 heterocycles. The highest BCUT2D eigenvalue weighted by Crippen LogP contribution is 2.12. The summed E-state index contributed by atoms with van der Waals surface area (Å²) < 4.78 is 0. The lowest BCUT2D eigenvalue weighted by Gasteiger charge is -2.09. The Morgan fingerprint density at radius 3 is 1.52 bits per heavy atom. The Kier molecular flexibility index (Phi) is 8.49. The Labute approximate surface area is 148 Å². The van der Waals surface area contributed by atoms with Gasteiger partial charge in [0.1, 0.15) is 0 Å². The molecule has 0 aliphatic carbocycles. The molecular formula is C19H22N6. The minimum Gasteiger partial charge on any atom is -0.368 e. The maximum Gasteiger partial charge on any atom is 0.233 e. The molecule has 0 atom stereocenters. The van der Waals surface area contributed by atoms with Crippen LogP contribution in [0, 0.1) is 0 Å². The topological polar surface area (TPSA) is 88.8 Å². The van der Waals surface area contributed by atoms with Gasteiger partial charge in [-0.25, -0.2) is 0 Å². The third-order valence-electron chi connectivity index (χ3n) is 2.58. The van der Waals surface area contributed by atoms with Gasteiger partial charge in [-0.05, 0) is 24.3 Å². The molecule has 25 heavy (non-hydrogen) atoms. The lowest BCUT2D eigenvalue weighted by atomic mass is 10.3. The molecule has 1 rings (SSSR count). The number of nitrogens with two attached hydrogens (primary N) is 1. The summed E-state index contributed by atoms with van der Waals surface area (Å²) in [5.41, 5.74) is 7.21. The zero-order valence-electron chi connectivity index (χ0n) is 14.0. The standard InChI is InChI=1S/C19H22N6/c1-5-9-13-15(11-7-3)21-18-23-17(20)24-19(25-18)22-16(12-8-4)14-10-6-2/h5-14H,1-4H2,(H4,20,21,22,23,24,25)/b13-9-,14-10-,15-11+,16-12+. The van der Waals surface area contributed by atoms with Gasteiger partial charge >= 0.3 is 0 Å². The Bertz CT molecular complexity index is 693. The van der Waals surface area contributed by atoms with Crippen LogP contribution in [0.1, 0.15) is 0 Å². The Balaban J connectivity index is 3.09. The molecule has 0 bridgehead atoms. The van der Waals surface area contributed by atoms with Crippen LogP contribution in [0.25, 0.3) is 0 Å². The molecule has 6 nitrogen and oxygen atoms in total. The maximum atomic E-state index is 5.77. The third kappa shape index (κ3) is 7.43. The molecule has 0 aliphatic heterocycles. The average molecular weight is 334 g/mol. The van der Waals surface area contributed by atoms with E-state index in [4.69, 9.17) is 5.73 Å². The van der Waals surface area contributed by atoms with Crippen molar-refractivity contribution in [2.45, 2.75) is 0 Å². The summed E-state index contributed by atoms with van der Waals surface area (Å²) >= 11 is 0. The van der Waals surface area contributed by atoms with Gasteiger partial charge in [-0.1, -0.05) is 62.8 Å². The first-order chi connectivity index (χ1) is 12.1. The monoisotopic (exact) mass is 334 g/mol. The summed E-state index contributed by atoms with van der Waals surface area (Å²) in [5.74, 6) is 0.668. The minimum absolute atomic E-state index is 0.0799. The van der Waals surface area contributed by atoms with Gasteiger partial charge in [0.15, 0.2) is 0 Å². The van der Waals surface area contributed by atoms with Crippen molar-refractivity contribution in [2.75, 3.05) is 16.4 Å². The summed E-state index contributed by atoms with van der Waals surface area (Å²) in [6.45, 7) is 14.6. The van der Waals surface area contributed by atoms with Gasteiger partial charge in [-0.15, -0.1) is 0 Å². The zero-order chi connectivity index (χ0) is 18.5. The molecule has 1 aromatic rings. The highest BCUT2D eigenvalue weighted by atomic mass is 15.2. The number of aromatic nitrogens is 3. The van der Waals surface area contributed by atoms with Crippen molar-refractivity contribution in [3.63, 3.8) is 0 Å². The average Bonchev–Trinajstić information content (AvgIpc) is 2.57. The lowest BCUT2D eigenvalue weighted by molar-refractivity contribution is 1.06. The predicted molar refractivity (Wildman–Crippen MR) is 107 cm³/mol. The normalized spacial score (nSPS) is 12.2. The largest absolute Gasteiger partial charge is 0.368 e. The van der Waals surface area contributed by atoms with Gasteiger partial charge < -0.3 is 16.4 Å². The lowest BCUT2D eigenvalue weighted by Crippen LogP contribution is -2.10. The molecule has 0 amide bonds. The van der Waals surface area contributed by atoms with E-state index in [1.807, 2.05) is 0 Å². The molecule has 0 radical (unpaired) electrons. The van der Waals surface area contributed by atoms with Crippen LogP contribution in [0.5, 0.6) is 0 Å². The fourth-order valence-corrected chi connectivity index (χ4v) is 1.64. The zero-order valence-corrected chi connectivity index (χ0v) is 14.0. The van der Waals surface area contributed by atoms with Crippen molar-refractivity contribution >= 4 is 17.8 Å². The SMILES string of the molecule is C=C/C=C\C(=C/C=C)Nc1nc(N)nc(NC(/C=C\C=C)=C/C=C)n1. The van der Waals surface area contributed by atoms with E-state index in [-0.39, 0.29) is 5.95 Å². The number of anilines is 3. The Hall–Kier alpha value is -3.67. The molecule has 0 unspecified atom stereocenters. The van der Waals surface area contributed by atoms with Crippen LogP contribution in [-0.2, 0) is 0 Å². The number of nitrogen functional groups attached to an aromatic ring is 1. The van der Waals surface area contributed by atoms with Crippen LogP contribution in [0.3, 0.4) is 0 Å². The number of hydrogen-bond donors (Lipinski definition) is 3. The van der Waals surface area contributed by atoms with E-state index in [0.717, 1.165) is 11.4 Å². The summed E-state index contributed by atoms with van der Waals surface area (Å²) in [5, 5.41) is 6.09. The second-order valence-corrected chi connectivity index (χ2v) is 4.50. The number of rotatable bonds is 10. The summed E-state index contributed by atoms with van der Waals surface area (Å²) in [6, 6.07) is 0. The fraction of sp³-hybridized carbons (Fsp3) is 0. The molecular weight excluding hydrogens is 312 g/mol. The molecule has 0 saturated carbocycles. The Morgan fingerprint density at radius 2 is 1.16 bits per heavy atom. The van der Waals surface area contributed by atoms with Crippen molar-refractivity contribution in [3.05, 3.63) is 98.5 Å². The fourth-order valence-electron chi connectivity index (χ4n) is 1.64. The van der Waals surface area contributed by atoms with Crippen molar-refractivity contribution in [2.24, 2.45) is 0 Å². The van der Waals surface area contributed by atoms with Gasteiger partial charge in [0, 0.05) is 11.4 Å². The summed E-state index contributed by atoms with van der Waals surface area (Å²) in [6.07, 6.45) is 17.3. The van der Waals surface area contributed by atoms with Crippen molar-refractivity contribution in [1.29, 1.82) is 0 Å². The van der Waals surface area contributed by atoms with Gasteiger partial charge in [0.25, 0.3) is 0 Å². The number of nitrogens with zero attached hydrogens (tertiary/aromatic N) is 3. The third-order valence-corrected chi connectivity index (χ3v) is 2.58. The highest BCUT2D eigenvalue weighted by Gasteiger charge is 2.05. The second kappa shape index (κ2) is 11.0. The number of hydrogen-bond acceptors (Lipinski definition) is 6. The first-order valence-electron chi connectivity index (χ1n) is 7.42. The van der Waals surface area contributed by atoms with E-state index < -0.39 is 0 Å². The first kappa shape index (κ1) is 19.4. The van der Waals surface area contributed by atoms with Crippen molar-refractivity contribution < 1.29 is 0 Å². The first-order valence-corrected chi connectivity index (χ1v) is 7.42. The summed E-state index contributed by atoms with van der Waals surface area (Å²) in [7, 11) is 0.